The number of benzene rings is 12. The third kappa shape index (κ3) is 18.4. The van der Waals surface area contributed by atoms with Gasteiger partial charge in [0.25, 0.3) is 0 Å². The molecule has 3 aliphatic heterocycles. The van der Waals surface area contributed by atoms with Crippen LogP contribution in [0.2, 0.25) is 0 Å². The second kappa shape index (κ2) is 38.1. The first-order valence-corrected chi connectivity index (χ1v) is 48.3. The Hall–Kier alpha value is -13.6. The zero-order valence-electron chi connectivity index (χ0n) is 81.6. The Labute approximate surface area is 808 Å². The number of aryl methyl sites for hydroxylation is 5. The first-order valence-electron chi connectivity index (χ1n) is 48.3. The van der Waals surface area contributed by atoms with Crippen molar-refractivity contribution in [3.8, 4) is 121 Å². The lowest BCUT2D eigenvalue weighted by Crippen LogP contribution is -2.57. The molecule has 0 aromatic heterocycles. The SMILES string of the molecule is CC(C)(c1cccc(C(C)(C)c2ccc(O)cc2O)c1)c1ccc(O)cc1O.CC1(C)CC(C)(c2ccc(O)c(O)c2O)Oc2c1ccc(O)c2O.Cc1c(O)ccc(C23CCCCC2C2(CCCCC2)c2ccc(O)c(C)c2O3)c1O.Cc1cc(Cc2cc(C)c(O)cc2C)c(O)c(Cc2cc(C)c(O)cc2C)c1.Oc1ccc(C23CCCCC2C2(CCCCC2)c2ccc(O)cc2O3)c(O)c1. The third-order valence-electron chi connectivity index (χ3n) is 31.6. The molecule has 21 nitrogen and oxygen atoms in total. The van der Waals surface area contributed by atoms with Crippen LogP contribution in [-0.2, 0) is 56.7 Å². The van der Waals surface area contributed by atoms with Crippen LogP contribution in [0.4, 0.5) is 0 Å². The van der Waals surface area contributed by atoms with Gasteiger partial charge in [0.05, 0.1) is 0 Å². The molecule has 3 heterocycles. The normalized spacial score (nSPS) is 20.1. The summed E-state index contributed by atoms with van der Waals surface area (Å²) in [5.41, 5.74) is 14.8. The Morgan fingerprint density at radius 3 is 1.22 bits per heavy atom. The minimum absolute atomic E-state index is 0.00292. The molecule has 4 saturated carbocycles. The second-order valence-corrected chi connectivity index (χ2v) is 41.8. The molecular formula is C117H134O21. The molecule has 4 aliphatic carbocycles. The monoisotopic (exact) mass is 1870 g/mol. The van der Waals surface area contributed by atoms with E-state index in [1.807, 2.05) is 144 Å². The molecule has 0 amide bonds. The van der Waals surface area contributed by atoms with Gasteiger partial charge in [-0.2, -0.15) is 0 Å². The van der Waals surface area contributed by atoms with Crippen molar-refractivity contribution in [1.82, 2.24) is 0 Å². The Morgan fingerprint density at radius 1 is 0.297 bits per heavy atom. The number of hydrogen-bond donors (Lipinski definition) is 18. The Balaban J connectivity index is 0.000000131. The Morgan fingerprint density at radius 2 is 0.717 bits per heavy atom. The molecule has 19 rings (SSSR count). The number of hydrogen-bond acceptors (Lipinski definition) is 21. The van der Waals surface area contributed by atoms with Crippen LogP contribution in [0.1, 0.15) is 287 Å². The van der Waals surface area contributed by atoms with Gasteiger partial charge in [0, 0.05) is 133 Å². The average molecular weight is 1880 g/mol. The van der Waals surface area contributed by atoms with Crippen molar-refractivity contribution in [3.05, 3.63) is 299 Å². The summed E-state index contributed by atoms with van der Waals surface area (Å²) in [7, 11) is 0. The molecular weight excluding hydrogens is 1740 g/mol. The fraction of sp³-hybridized carbons (Fsp3) is 0.385. The molecule has 12 aromatic carbocycles. The van der Waals surface area contributed by atoms with Crippen LogP contribution in [-0.4, -0.2) is 91.9 Å². The van der Waals surface area contributed by atoms with Gasteiger partial charge in [-0.05, 0) is 260 Å². The maximum Gasteiger partial charge on any atom is 0.200 e. The molecule has 5 unspecified atom stereocenters. The Kier molecular flexibility index (Phi) is 27.3. The predicted molar refractivity (Wildman–Crippen MR) is 534 cm³/mol. The van der Waals surface area contributed by atoms with E-state index in [1.54, 1.807) is 80.6 Å². The summed E-state index contributed by atoms with van der Waals surface area (Å²) in [6.07, 6.45) is 21.7. The number of fused-ring (bicyclic) bond motifs is 9. The summed E-state index contributed by atoms with van der Waals surface area (Å²) < 4.78 is 19.6. The Bertz CT molecular complexity index is 6450. The van der Waals surface area contributed by atoms with Crippen molar-refractivity contribution in [1.29, 1.82) is 0 Å². The maximum absolute atomic E-state index is 11.1. The highest BCUT2D eigenvalue weighted by molar-refractivity contribution is 5.64. The first-order chi connectivity index (χ1) is 65.2. The van der Waals surface area contributed by atoms with E-state index < -0.39 is 50.3 Å². The largest absolute Gasteiger partial charge is 0.508 e. The lowest BCUT2D eigenvalue weighted by Gasteiger charge is -2.59. The summed E-state index contributed by atoms with van der Waals surface area (Å²) >= 11 is 0. The van der Waals surface area contributed by atoms with Crippen LogP contribution in [0.15, 0.2) is 182 Å². The first kappa shape index (κ1) is 98.9. The van der Waals surface area contributed by atoms with Crippen molar-refractivity contribution in [2.45, 2.75) is 276 Å². The number of phenols is 18. The van der Waals surface area contributed by atoms with E-state index >= 15 is 0 Å². The fourth-order valence-corrected chi connectivity index (χ4v) is 24.2. The van der Waals surface area contributed by atoms with Crippen LogP contribution in [0.25, 0.3) is 0 Å². The summed E-state index contributed by atoms with van der Waals surface area (Å²) in [5, 5.41) is 183. The van der Waals surface area contributed by atoms with Crippen LogP contribution in [0, 0.1) is 60.3 Å². The lowest BCUT2D eigenvalue weighted by molar-refractivity contribution is -0.0966. The molecule has 2 spiro atoms. The highest BCUT2D eigenvalue weighted by Gasteiger charge is 2.62. The molecule has 5 atom stereocenters. The van der Waals surface area contributed by atoms with Gasteiger partial charge >= 0.3 is 0 Å². The van der Waals surface area contributed by atoms with Gasteiger partial charge in [-0.25, -0.2) is 0 Å². The van der Waals surface area contributed by atoms with E-state index in [1.165, 1.54) is 98.9 Å². The highest BCUT2D eigenvalue weighted by Crippen LogP contribution is 2.68. The van der Waals surface area contributed by atoms with Crippen LogP contribution >= 0.6 is 0 Å². The molecule has 7 aliphatic rings. The minimum Gasteiger partial charge on any atom is -0.508 e. The van der Waals surface area contributed by atoms with E-state index in [2.05, 4.69) is 18.2 Å². The van der Waals surface area contributed by atoms with E-state index in [0.29, 0.717) is 53.2 Å². The molecule has 21 heteroatoms. The second-order valence-electron chi connectivity index (χ2n) is 41.8. The lowest BCUT2D eigenvalue weighted by atomic mass is 9.51. The zero-order chi connectivity index (χ0) is 99.6. The quantitative estimate of drug-likeness (QED) is 0.0535. The van der Waals surface area contributed by atoms with Crippen LogP contribution in [0.3, 0.4) is 0 Å². The van der Waals surface area contributed by atoms with Gasteiger partial charge in [0.15, 0.2) is 23.0 Å². The molecule has 18 N–H and O–H groups in total. The summed E-state index contributed by atoms with van der Waals surface area (Å²) in [5.74, 6) is 2.00. The van der Waals surface area contributed by atoms with Gasteiger partial charge in [-0.3, -0.25) is 0 Å². The van der Waals surface area contributed by atoms with Gasteiger partial charge in [0.1, 0.15) is 103 Å². The smallest absolute Gasteiger partial charge is 0.200 e. The summed E-state index contributed by atoms with van der Waals surface area (Å²) in [6.45, 7) is 27.2. The molecule has 0 bridgehead atoms. The van der Waals surface area contributed by atoms with E-state index in [-0.39, 0.29) is 103 Å². The van der Waals surface area contributed by atoms with Gasteiger partial charge in [-0.1, -0.05) is 177 Å². The average Bonchev–Trinajstić information content (AvgIpc) is 0.705. The zero-order valence-corrected chi connectivity index (χ0v) is 81.6. The van der Waals surface area contributed by atoms with Gasteiger partial charge in [0.2, 0.25) is 11.5 Å². The molecule has 4 fully saturated rings. The van der Waals surface area contributed by atoms with Crippen molar-refractivity contribution >= 4 is 0 Å². The molecule has 12 aromatic rings. The van der Waals surface area contributed by atoms with Crippen LogP contribution in [0.5, 0.6) is 121 Å². The summed E-state index contributed by atoms with van der Waals surface area (Å²) in [6, 6.07) is 52.7. The molecule has 0 radical (unpaired) electrons. The van der Waals surface area contributed by atoms with Gasteiger partial charge in [-0.15, -0.1) is 0 Å². The number of ether oxygens (including phenoxy) is 3. The van der Waals surface area contributed by atoms with Crippen molar-refractivity contribution < 1.29 is 106 Å². The standard InChI is InChI=1S/C26H32O4.C25H28O3.C24H28O4.C24H26O4.C18H20O6/c1-16-20(27)11-9-18(23(16)29)26-15-7-4-8-22(26)25(13-5-3-6-14-25)19-10-12-21(28)17(2)24(19)30-26;1-14-6-21(12-19-8-17(4)23(26)10-15(19)2)25(28)22(7-14)13-20-9-18(5)24(27)11-16(20)3;25-16-7-9-18(20(27)14-16)24-13-5-2-6-22(24)23(11-3-1-4-12-23)19-10-8-17(26)15-21(19)28-24;1-23(2,19-10-8-17(25)13-21(19)27)15-6-5-7-16(12-15)24(3,4)20-11-9-18(26)14-22(20)28;1-17(2)8-18(3,9-4-6-11(19)14(22)13(9)21)24-16-10(17)5-7-12(20)15(16)23/h9-12,22,27-29H,3-8,13-15H2,1-2H3;6-11,26-28H,12-13H2,1-5H3;7-10,14-15,22,25-27H,1-6,11-13H2;5-14,25-28H,1-4H3;4-7,19-23H,8H2,1-3H3. The van der Waals surface area contributed by atoms with E-state index in [9.17, 15) is 91.9 Å². The third-order valence-corrected chi connectivity index (χ3v) is 31.6. The van der Waals surface area contributed by atoms with Crippen molar-refractivity contribution in [2.75, 3.05) is 0 Å². The maximum atomic E-state index is 11.1. The summed E-state index contributed by atoms with van der Waals surface area (Å²) in [4.78, 5) is 0. The van der Waals surface area contributed by atoms with Crippen molar-refractivity contribution in [2.24, 2.45) is 11.8 Å². The molecule has 138 heavy (non-hydrogen) atoms. The molecule has 0 saturated heterocycles. The van der Waals surface area contributed by atoms with Crippen molar-refractivity contribution in [3.63, 3.8) is 0 Å². The predicted octanol–water partition coefficient (Wildman–Crippen LogP) is 25.5. The fourth-order valence-electron chi connectivity index (χ4n) is 24.2. The number of aromatic hydroxyl groups is 18. The number of phenolic OH excluding ortho intramolecular Hbond substituents is 18. The van der Waals surface area contributed by atoms with Gasteiger partial charge < -0.3 is 106 Å². The topological polar surface area (TPSA) is 392 Å². The van der Waals surface area contributed by atoms with E-state index in [4.69, 9.17) is 14.2 Å². The molecule has 728 valence electrons. The number of rotatable bonds is 11. The highest BCUT2D eigenvalue weighted by atomic mass is 16.5. The minimum atomic E-state index is -1.09. The van der Waals surface area contributed by atoms with E-state index in [0.717, 1.165) is 159 Å². The van der Waals surface area contributed by atoms with Crippen LogP contribution < -0.4 is 14.2 Å².